The number of amides is 1. The van der Waals surface area contributed by atoms with Gasteiger partial charge in [0.25, 0.3) is 5.91 Å². The van der Waals surface area contributed by atoms with Gasteiger partial charge in [0.2, 0.25) is 0 Å². The summed E-state index contributed by atoms with van der Waals surface area (Å²) in [5.74, 6) is 0.129. The van der Waals surface area contributed by atoms with Crippen LogP contribution >= 0.6 is 0 Å². The van der Waals surface area contributed by atoms with Gasteiger partial charge in [-0.3, -0.25) is 4.79 Å². The van der Waals surface area contributed by atoms with Gasteiger partial charge >= 0.3 is 0 Å². The van der Waals surface area contributed by atoms with E-state index in [1.54, 1.807) is 6.07 Å². The minimum atomic E-state index is -0.364. The number of carbonyl (C=O) groups excluding carboxylic acids is 1. The molecule has 0 bridgehead atoms. The van der Waals surface area contributed by atoms with Crippen molar-refractivity contribution in [3.8, 4) is 5.75 Å². The summed E-state index contributed by atoms with van der Waals surface area (Å²) in [5.41, 5.74) is 0.0519. The summed E-state index contributed by atoms with van der Waals surface area (Å²) in [5, 5.41) is 21.5. The summed E-state index contributed by atoms with van der Waals surface area (Å²) in [4.78, 5) is 15.7. The van der Waals surface area contributed by atoms with Gasteiger partial charge in [-0.2, -0.15) is 0 Å². The van der Waals surface area contributed by atoms with Gasteiger partial charge in [0.15, 0.2) is 5.69 Å². The first kappa shape index (κ1) is 12.8. The van der Waals surface area contributed by atoms with Crippen molar-refractivity contribution in [3.63, 3.8) is 0 Å². The van der Waals surface area contributed by atoms with Gasteiger partial charge in [0.05, 0.1) is 0 Å². The molecule has 1 aliphatic rings. The molecule has 1 heterocycles. The number of aromatic nitrogens is 1. The number of aliphatic hydroxyl groups is 1. The van der Waals surface area contributed by atoms with Crippen LogP contribution in [0.2, 0.25) is 0 Å². The van der Waals surface area contributed by atoms with Crippen LogP contribution in [0.3, 0.4) is 0 Å². The maximum Gasteiger partial charge on any atom is 0.273 e. The lowest BCUT2D eigenvalue weighted by atomic mass is 9.97. The molecular formula is C13H18N2O3. The highest BCUT2D eigenvalue weighted by molar-refractivity contribution is 5.94. The highest BCUT2D eigenvalue weighted by atomic mass is 16.3. The van der Waals surface area contributed by atoms with Gasteiger partial charge in [-0.1, -0.05) is 6.42 Å². The van der Waals surface area contributed by atoms with Crippen LogP contribution in [0.15, 0.2) is 18.3 Å². The van der Waals surface area contributed by atoms with Crippen LogP contribution in [0, 0.1) is 11.8 Å². The van der Waals surface area contributed by atoms with Crippen LogP contribution in [0.4, 0.5) is 0 Å². The van der Waals surface area contributed by atoms with Crippen LogP contribution in [0.25, 0.3) is 0 Å². The number of pyridine rings is 1. The predicted molar refractivity (Wildman–Crippen MR) is 66.2 cm³/mol. The lowest BCUT2D eigenvalue weighted by Gasteiger charge is -2.17. The van der Waals surface area contributed by atoms with Crippen molar-refractivity contribution in [1.29, 1.82) is 0 Å². The molecule has 1 saturated carbocycles. The Bertz CT molecular complexity index is 422. The first-order chi connectivity index (χ1) is 8.72. The molecule has 0 spiro atoms. The van der Waals surface area contributed by atoms with Gasteiger partial charge in [0, 0.05) is 19.3 Å². The van der Waals surface area contributed by atoms with Crippen LogP contribution in [-0.2, 0) is 0 Å². The van der Waals surface area contributed by atoms with E-state index in [4.69, 9.17) is 0 Å². The highest BCUT2D eigenvalue weighted by Gasteiger charge is 2.27. The van der Waals surface area contributed by atoms with E-state index in [1.165, 1.54) is 12.3 Å². The number of aliphatic hydroxyl groups excluding tert-OH is 1. The lowest BCUT2D eigenvalue weighted by molar-refractivity contribution is 0.0930. The fourth-order valence-corrected chi connectivity index (χ4v) is 2.50. The number of hydrogen-bond donors (Lipinski definition) is 3. The molecule has 18 heavy (non-hydrogen) atoms. The zero-order chi connectivity index (χ0) is 13.0. The van der Waals surface area contributed by atoms with Gasteiger partial charge in [-0.05, 0) is 36.8 Å². The topological polar surface area (TPSA) is 82.5 Å². The summed E-state index contributed by atoms with van der Waals surface area (Å²) < 4.78 is 0. The minimum Gasteiger partial charge on any atom is -0.505 e. The third kappa shape index (κ3) is 2.79. The molecular weight excluding hydrogens is 232 g/mol. The zero-order valence-corrected chi connectivity index (χ0v) is 10.2. The fraction of sp³-hybridized carbons (Fsp3) is 0.538. The van der Waals surface area contributed by atoms with E-state index in [0.29, 0.717) is 12.5 Å². The van der Waals surface area contributed by atoms with Crippen molar-refractivity contribution in [2.75, 3.05) is 13.2 Å². The third-order valence-electron chi connectivity index (χ3n) is 3.58. The normalized spacial score (nSPS) is 22.9. The van der Waals surface area contributed by atoms with Crippen LogP contribution in [0.5, 0.6) is 5.75 Å². The Morgan fingerprint density at radius 3 is 2.94 bits per heavy atom. The number of nitrogens with one attached hydrogen (secondary N) is 1. The highest BCUT2D eigenvalue weighted by Crippen LogP contribution is 2.30. The van der Waals surface area contributed by atoms with E-state index in [0.717, 1.165) is 19.3 Å². The van der Waals surface area contributed by atoms with E-state index in [9.17, 15) is 15.0 Å². The van der Waals surface area contributed by atoms with E-state index >= 15 is 0 Å². The molecule has 1 fully saturated rings. The summed E-state index contributed by atoms with van der Waals surface area (Å²) >= 11 is 0. The zero-order valence-electron chi connectivity index (χ0n) is 10.2. The molecule has 2 unspecified atom stereocenters. The van der Waals surface area contributed by atoms with E-state index in [-0.39, 0.29) is 29.9 Å². The first-order valence-electron chi connectivity index (χ1n) is 6.25. The molecule has 5 heteroatoms. The number of aromatic hydroxyl groups is 1. The molecule has 98 valence electrons. The van der Waals surface area contributed by atoms with E-state index < -0.39 is 0 Å². The third-order valence-corrected chi connectivity index (χ3v) is 3.58. The smallest absolute Gasteiger partial charge is 0.273 e. The van der Waals surface area contributed by atoms with Crippen LogP contribution in [0.1, 0.15) is 29.8 Å². The van der Waals surface area contributed by atoms with E-state index in [1.807, 2.05) is 0 Å². The van der Waals surface area contributed by atoms with Gasteiger partial charge in [-0.15, -0.1) is 0 Å². The molecule has 0 aliphatic heterocycles. The monoisotopic (exact) mass is 250 g/mol. The Kier molecular flexibility index (Phi) is 4.15. The van der Waals surface area contributed by atoms with Crippen molar-refractivity contribution in [2.24, 2.45) is 11.8 Å². The second kappa shape index (κ2) is 5.82. The molecule has 0 aromatic carbocycles. The molecule has 0 radical (unpaired) electrons. The number of hydrogen-bond acceptors (Lipinski definition) is 4. The second-order valence-corrected chi connectivity index (χ2v) is 4.71. The number of rotatable bonds is 4. The van der Waals surface area contributed by atoms with Gasteiger partial charge in [0.1, 0.15) is 5.75 Å². The Labute approximate surface area is 106 Å². The van der Waals surface area contributed by atoms with Crippen LogP contribution < -0.4 is 5.32 Å². The summed E-state index contributed by atoms with van der Waals surface area (Å²) in [7, 11) is 0. The Balaban J connectivity index is 1.91. The van der Waals surface area contributed by atoms with Gasteiger partial charge < -0.3 is 15.5 Å². The average Bonchev–Trinajstić information content (AvgIpc) is 2.84. The van der Waals surface area contributed by atoms with Crippen molar-refractivity contribution >= 4 is 5.91 Å². The molecule has 3 N–H and O–H groups in total. The first-order valence-corrected chi connectivity index (χ1v) is 6.25. The van der Waals surface area contributed by atoms with Crippen molar-refractivity contribution in [2.45, 2.75) is 19.3 Å². The number of nitrogens with zero attached hydrogens (tertiary/aromatic N) is 1. The Morgan fingerprint density at radius 2 is 2.22 bits per heavy atom. The largest absolute Gasteiger partial charge is 0.505 e. The average molecular weight is 250 g/mol. The second-order valence-electron chi connectivity index (χ2n) is 4.71. The quantitative estimate of drug-likeness (QED) is 0.742. The molecule has 1 aliphatic carbocycles. The number of carbonyl (C=O) groups is 1. The molecule has 1 aromatic rings. The Morgan fingerprint density at radius 1 is 1.44 bits per heavy atom. The van der Waals surface area contributed by atoms with Crippen molar-refractivity contribution < 1.29 is 15.0 Å². The lowest BCUT2D eigenvalue weighted by Crippen LogP contribution is -2.32. The maximum absolute atomic E-state index is 11.8. The van der Waals surface area contributed by atoms with Crippen LogP contribution in [-0.4, -0.2) is 34.3 Å². The maximum atomic E-state index is 11.8. The summed E-state index contributed by atoms with van der Waals surface area (Å²) in [6.45, 7) is 0.704. The molecule has 2 atom stereocenters. The SMILES string of the molecule is O=C(NCC1CCCC1CO)c1ncccc1O. The van der Waals surface area contributed by atoms with Crippen molar-refractivity contribution in [1.82, 2.24) is 10.3 Å². The molecule has 1 aromatic heterocycles. The standard InChI is InChI=1S/C13H18N2O3/c16-8-10-4-1-3-9(10)7-15-13(18)12-11(17)5-2-6-14-12/h2,5-6,9-10,16-17H,1,3-4,7-8H2,(H,15,18). The Hall–Kier alpha value is -1.62. The molecule has 5 nitrogen and oxygen atoms in total. The fourth-order valence-electron chi connectivity index (χ4n) is 2.50. The molecule has 0 saturated heterocycles. The van der Waals surface area contributed by atoms with Gasteiger partial charge in [-0.25, -0.2) is 4.98 Å². The van der Waals surface area contributed by atoms with E-state index in [2.05, 4.69) is 10.3 Å². The summed E-state index contributed by atoms with van der Waals surface area (Å²) in [6, 6.07) is 3.01. The minimum absolute atomic E-state index is 0.0519. The predicted octanol–water partition coefficient (Wildman–Crippen LogP) is 0.926. The molecule has 1 amide bonds. The molecule has 2 rings (SSSR count). The van der Waals surface area contributed by atoms with Crippen molar-refractivity contribution in [3.05, 3.63) is 24.0 Å². The summed E-state index contributed by atoms with van der Waals surface area (Å²) in [6.07, 6.45) is 4.62.